The van der Waals surface area contributed by atoms with Gasteiger partial charge in [-0.05, 0) is 50.5 Å². The van der Waals surface area contributed by atoms with E-state index < -0.39 is 0 Å². The fraction of sp³-hybridized carbons (Fsp3) is 0.0263. The van der Waals surface area contributed by atoms with Crippen molar-refractivity contribution in [2.75, 3.05) is 0 Å². The Labute approximate surface area is 247 Å². The third-order valence-corrected chi connectivity index (χ3v) is 8.37. The smallest absolute Gasteiger partial charge is 0.163 e. The zero-order chi connectivity index (χ0) is 28.3. The number of benzene rings is 6. The van der Waals surface area contributed by atoms with Crippen molar-refractivity contribution >= 4 is 49.4 Å². The lowest BCUT2D eigenvalue weighted by atomic mass is 9.95. The topological polar surface area (TPSA) is 63.8 Å². The van der Waals surface area contributed by atoms with E-state index in [1.807, 2.05) is 60.8 Å². The van der Waals surface area contributed by atoms with Crippen LogP contribution in [-0.4, -0.2) is 15.0 Å². The van der Waals surface area contributed by atoms with Crippen molar-refractivity contribution in [3.05, 3.63) is 145 Å². The van der Waals surface area contributed by atoms with Crippen LogP contribution in [0.15, 0.2) is 132 Å². The molecule has 1 atom stereocenters. The number of furan rings is 1. The third kappa shape index (κ3) is 3.82. The first kappa shape index (κ1) is 23.9. The first-order chi connectivity index (χ1) is 21.3. The molecule has 9 rings (SSSR count). The first-order valence-electron chi connectivity index (χ1n) is 14.4. The van der Waals surface area contributed by atoms with Gasteiger partial charge in [-0.1, -0.05) is 109 Å². The molecule has 202 valence electrons. The maximum Gasteiger partial charge on any atom is 0.163 e. The van der Waals surface area contributed by atoms with E-state index in [4.69, 9.17) is 19.4 Å². The van der Waals surface area contributed by atoms with Crippen LogP contribution in [0.25, 0.3) is 72.1 Å². The van der Waals surface area contributed by atoms with Gasteiger partial charge in [0, 0.05) is 28.3 Å². The Balaban J connectivity index is 1.25. The van der Waals surface area contributed by atoms with Gasteiger partial charge in [0.05, 0.1) is 0 Å². The zero-order valence-corrected chi connectivity index (χ0v) is 23.0. The summed E-state index contributed by atoms with van der Waals surface area (Å²) in [6.07, 6.45) is 3.87. The third-order valence-electron chi connectivity index (χ3n) is 8.37. The van der Waals surface area contributed by atoms with Crippen molar-refractivity contribution in [2.45, 2.75) is 6.04 Å². The van der Waals surface area contributed by atoms with Crippen molar-refractivity contribution in [3.8, 4) is 22.8 Å². The molecule has 0 amide bonds. The van der Waals surface area contributed by atoms with Crippen LogP contribution in [-0.2, 0) is 0 Å². The van der Waals surface area contributed by atoms with Crippen molar-refractivity contribution in [2.24, 2.45) is 0 Å². The highest BCUT2D eigenvalue weighted by Gasteiger charge is 2.28. The van der Waals surface area contributed by atoms with Crippen LogP contribution in [0.2, 0.25) is 0 Å². The van der Waals surface area contributed by atoms with Gasteiger partial charge in [-0.3, -0.25) is 0 Å². The predicted molar refractivity (Wildman–Crippen MR) is 173 cm³/mol. The Morgan fingerprint density at radius 2 is 1.26 bits per heavy atom. The summed E-state index contributed by atoms with van der Waals surface area (Å²) >= 11 is 0. The molecule has 0 spiro atoms. The van der Waals surface area contributed by atoms with Gasteiger partial charge in [0.2, 0.25) is 0 Å². The molecule has 5 heteroatoms. The van der Waals surface area contributed by atoms with Gasteiger partial charge in [0.1, 0.15) is 17.4 Å². The number of rotatable bonds is 3. The predicted octanol–water partition coefficient (Wildman–Crippen LogP) is 9.07. The Kier molecular flexibility index (Phi) is 5.19. The summed E-state index contributed by atoms with van der Waals surface area (Å²) in [4.78, 5) is 15.1. The van der Waals surface area contributed by atoms with E-state index in [1.165, 1.54) is 26.9 Å². The van der Waals surface area contributed by atoms with Gasteiger partial charge < -0.3 is 9.73 Å². The van der Waals surface area contributed by atoms with Crippen LogP contribution in [0.3, 0.4) is 0 Å². The van der Waals surface area contributed by atoms with Crippen molar-refractivity contribution in [1.29, 1.82) is 0 Å². The minimum atomic E-state index is -0.288. The molecule has 3 heterocycles. The van der Waals surface area contributed by atoms with Gasteiger partial charge in [-0.15, -0.1) is 0 Å². The van der Waals surface area contributed by atoms with Gasteiger partial charge in [-0.2, -0.15) is 0 Å². The van der Waals surface area contributed by atoms with E-state index in [0.717, 1.165) is 38.8 Å². The highest BCUT2D eigenvalue weighted by atomic mass is 16.3. The lowest BCUT2D eigenvalue weighted by Gasteiger charge is -2.20. The first-order valence-corrected chi connectivity index (χ1v) is 14.4. The number of aromatic nitrogens is 3. The largest absolute Gasteiger partial charge is 0.456 e. The second kappa shape index (κ2) is 9.36. The Morgan fingerprint density at radius 1 is 0.558 bits per heavy atom. The molecule has 0 aliphatic carbocycles. The monoisotopic (exact) mass is 552 g/mol. The molecule has 1 aliphatic rings. The second-order valence-corrected chi connectivity index (χ2v) is 10.9. The number of nitrogens with one attached hydrogen (secondary N) is 1. The molecular weight excluding hydrogens is 528 g/mol. The molecule has 5 nitrogen and oxygen atoms in total. The summed E-state index contributed by atoms with van der Waals surface area (Å²) in [7, 11) is 0. The maximum absolute atomic E-state index is 6.19. The minimum absolute atomic E-state index is 0.288. The van der Waals surface area contributed by atoms with Crippen LogP contribution < -0.4 is 5.32 Å². The number of fused-ring (bicyclic) bond motifs is 8. The van der Waals surface area contributed by atoms with Crippen LogP contribution in [0, 0.1) is 0 Å². The van der Waals surface area contributed by atoms with Crippen LogP contribution in [0.1, 0.15) is 23.2 Å². The molecule has 0 saturated carbocycles. The number of nitrogens with zero attached hydrogens (tertiary/aromatic N) is 3. The van der Waals surface area contributed by atoms with Gasteiger partial charge >= 0.3 is 0 Å². The van der Waals surface area contributed by atoms with E-state index in [1.54, 1.807) is 0 Å². The average molecular weight is 553 g/mol. The number of hydrogen-bond donors (Lipinski definition) is 1. The van der Waals surface area contributed by atoms with Crippen LogP contribution >= 0.6 is 0 Å². The van der Waals surface area contributed by atoms with Gasteiger partial charge in [0.15, 0.2) is 17.5 Å². The van der Waals surface area contributed by atoms with Crippen LogP contribution in [0.5, 0.6) is 0 Å². The van der Waals surface area contributed by atoms with Gasteiger partial charge in [-0.25, -0.2) is 15.0 Å². The molecule has 0 saturated heterocycles. The number of hydrogen-bond acceptors (Lipinski definition) is 5. The van der Waals surface area contributed by atoms with E-state index in [0.29, 0.717) is 17.5 Å². The SMILES string of the molecule is C1=Cc2oc3ccccc3c2C(c2nc(-c3ccccc3)nc(-c3ccc4c(ccc5ccc6ccccc6c54)c3)n2)N1. The van der Waals surface area contributed by atoms with Crippen molar-refractivity contribution < 1.29 is 4.42 Å². The molecule has 2 aromatic heterocycles. The summed E-state index contributed by atoms with van der Waals surface area (Å²) < 4.78 is 6.19. The summed E-state index contributed by atoms with van der Waals surface area (Å²) in [6.45, 7) is 0. The summed E-state index contributed by atoms with van der Waals surface area (Å²) in [6, 6.07) is 41.8. The molecule has 43 heavy (non-hydrogen) atoms. The average Bonchev–Trinajstić information content (AvgIpc) is 3.47. The molecule has 0 bridgehead atoms. The van der Waals surface area contributed by atoms with E-state index in [9.17, 15) is 0 Å². The van der Waals surface area contributed by atoms with Crippen molar-refractivity contribution in [1.82, 2.24) is 20.3 Å². The summed E-state index contributed by atoms with van der Waals surface area (Å²) in [5.41, 5.74) is 3.76. The molecule has 0 radical (unpaired) electrons. The highest BCUT2D eigenvalue weighted by Crippen LogP contribution is 2.38. The molecule has 1 aliphatic heterocycles. The summed E-state index contributed by atoms with van der Waals surface area (Å²) in [5.74, 6) is 2.73. The zero-order valence-electron chi connectivity index (χ0n) is 23.0. The normalized spacial score (nSPS) is 14.4. The Morgan fingerprint density at radius 3 is 2.14 bits per heavy atom. The summed E-state index contributed by atoms with van der Waals surface area (Å²) in [5, 5.41) is 11.9. The quantitative estimate of drug-likeness (QED) is 0.222. The molecule has 0 fully saturated rings. The molecule has 1 N–H and O–H groups in total. The molecule has 6 aromatic carbocycles. The lowest BCUT2D eigenvalue weighted by Crippen LogP contribution is -2.23. The maximum atomic E-state index is 6.19. The van der Waals surface area contributed by atoms with Gasteiger partial charge in [0.25, 0.3) is 0 Å². The molecule has 1 unspecified atom stereocenters. The number of para-hydroxylation sites is 1. The van der Waals surface area contributed by atoms with E-state index in [2.05, 4.69) is 78.1 Å². The Bertz CT molecular complexity index is 2390. The fourth-order valence-corrected chi connectivity index (χ4v) is 6.35. The standard InChI is InChI=1S/C38H24N4O/c1-2-9-25(10-3-1)36-40-37(42-38(41-36)35-34-30-12-6-7-13-31(30)43-32(34)20-21-39-35)27-18-19-29-26(22-27)17-16-24-15-14-23-8-4-5-11-28(23)33(24)29/h1-22,35,39H. The van der Waals surface area contributed by atoms with Crippen LogP contribution in [0.4, 0.5) is 0 Å². The van der Waals surface area contributed by atoms with Crippen molar-refractivity contribution in [3.63, 3.8) is 0 Å². The second-order valence-electron chi connectivity index (χ2n) is 10.9. The highest BCUT2D eigenvalue weighted by molar-refractivity contribution is 6.20. The molecule has 8 aromatic rings. The Hall–Kier alpha value is -5.81. The molecular formula is C38H24N4O. The minimum Gasteiger partial charge on any atom is -0.456 e. The lowest BCUT2D eigenvalue weighted by molar-refractivity contribution is 0.574. The van der Waals surface area contributed by atoms with E-state index in [-0.39, 0.29) is 6.04 Å². The fourth-order valence-electron chi connectivity index (χ4n) is 6.35. The van der Waals surface area contributed by atoms with E-state index >= 15 is 0 Å².